The molecule has 1 aromatic rings. The van der Waals surface area contributed by atoms with Gasteiger partial charge in [0.05, 0.1) is 22.6 Å². The van der Waals surface area contributed by atoms with Crippen molar-refractivity contribution in [2.45, 2.75) is 23.6 Å². The largest absolute Gasteiger partial charge is 0.385 e. The van der Waals surface area contributed by atoms with Crippen molar-refractivity contribution in [3.8, 4) is 0 Å². The number of halogens is 1. The van der Waals surface area contributed by atoms with E-state index in [4.69, 9.17) is 16.3 Å². The molecule has 1 atom stereocenters. The molecule has 108 valence electrons. The predicted octanol–water partition coefficient (Wildman–Crippen LogP) is 2.54. The third-order valence-electron chi connectivity index (χ3n) is 2.73. The van der Waals surface area contributed by atoms with Crippen LogP contribution < -0.4 is 5.32 Å². The molecule has 1 unspecified atom stereocenters. The molecule has 0 fully saturated rings. The third kappa shape index (κ3) is 5.38. The number of nitrogens with one attached hydrogen (secondary N) is 1. The highest BCUT2D eigenvalue weighted by molar-refractivity contribution is 7.91. The van der Waals surface area contributed by atoms with Gasteiger partial charge in [-0.1, -0.05) is 6.92 Å². The summed E-state index contributed by atoms with van der Waals surface area (Å²) < 4.78 is 28.2. The van der Waals surface area contributed by atoms with E-state index in [1.165, 1.54) is 0 Å². The molecule has 0 aliphatic heterocycles. The Balaban J connectivity index is 2.49. The lowest BCUT2D eigenvalue weighted by molar-refractivity contribution is 0.196. The zero-order valence-corrected chi connectivity index (χ0v) is 12.8. The highest BCUT2D eigenvalue weighted by Gasteiger charge is 2.10. The van der Waals surface area contributed by atoms with Crippen LogP contribution in [0.1, 0.15) is 13.3 Å². The molecule has 0 aromatic heterocycles. The van der Waals surface area contributed by atoms with Gasteiger partial charge in [-0.2, -0.15) is 0 Å². The SMILES string of the molecule is CCS(=O)(=O)c1ccc(NCCC(Cl)COC)cc1. The van der Waals surface area contributed by atoms with Crippen LogP contribution >= 0.6 is 11.6 Å². The van der Waals surface area contributed by atoms with Crippen LogP contribution in [0.15, 0.2) is 29.2 Å². The third-order valence-corrected chi connectivity index (χ3v) is 4.82. The molecule has 0 bridgehead atoms. The maximum atomic E-state index is 11.6. The van der Waals surface area contributed by atoms with E-state index in [-0.39, 0.29) is 11.1 Å². The van der Waals surface area contributed by atoms with Crippen LogP contribution in [-0.4, -0.2) is 39.8 Å². The Morgan fingerprint density at radius 3 is 2.47 bits per heavy atom. The monoisotopic (exact) mass is 305 g/mol. The van der Waals surface area contributed by atoms with Crippen LogP contribution in [-0.2, 0) is 14.6 Å². The standard InChI is InChI=1S/C13H20ClNO3S/c1-3-19(16,17)13-6-4-12(5-7-13)15-9-8-11(14)10-18-2/h4-7,11,15H,3,8-10H2,1-2H3. The van der Waals surface area contributed by atoms with Crippen molar-refractivity contribution in [3.63, 3.8) is 0 Å². The average molecular weight is 306 g/mol. The molecule has 4 nitrogen and oxygen atoms in total. The van der Waals surface area contributed by atoms with Crippen LogP contribution in [0.3, 0.4) is 0 Å². The van der Waals surface area contributed by atoms with Gasteiger partial charge >= 0.3 is 0 Å². The van der Waals surface area contributed by atoms with Crippen molar-refractivity contribution >= 4 is 27.1 Å². The summed E-state index contributed by atoms with van der Waals surface area (Å²) in [4.78, 5) is 0.357. The second-order valence-corrected chi connectivity index (χ2v) is 7.09. The molecule has 0 aliphatic rings. The number of benzene rings is 1. The Hall–Kier alpha value is -0.780. The van der Waals surface area contributed by atoms with Crippen LogP contribution in [0.2, 0.25) is 0 Å². The zero-order valence-electron chi connectivity index (χ0n) is 11.2. The van der Waals surface area contributed by atoms with Crippen molar-refractivity contribution in [2.24, 2.45) is 0 Å². The molecule has 6 heteroatoms. The number of hydrogen-bond acceptors (Lipinski definition) is 4. The highest BCUT2D eigenvalue weighted by atomic mass is 35.5. The number of alkyl halides is 1. The van der Waals surface area contributed by atoms with Crippen LogP contribution in [0.25, 0.3) is 0 Å². The molecule has 0 spiro atoms. The molecule has 0 aliphatic carbocycles. The Labute approximate surface area is 120 Å². The lowest BCUT2D eigenvalue weighted by Crippen LogP contribution is -2.13. The summed E-state index contributed by atoms with van der Waals surface area (Å²) >= 11 is 6.01. The fraction of sp³-hybridized carbons (Fsp3) is 0.538. The minimum atomic E-state index is -3.12. The normalized spacial score (nSPS) is 13.2. The van der Waals surface area contributed by atoms with E-state index < -0.39 is 9.84 Å². The Morgan fingerprint density at radius 1 is 1.32 bits per heavy atom. The van der Waals surface area contributed by atoms with E-state index in [2.05, 4.69) is 5.32 Å². The summed E-state index contributed by atoms with van der Waals surface area (Å²) in [6.07, 6.45) is 0.782. The van der Waals surface area contributed by atoms with E-state index in [1.54, 1.807) is 38.3 Å². The van der Waals surface area contributed by atoms with Crippen molar-refractivity contribution in [3.05, 3.63) is 24.3 Å². The summed E-state index contributed by atoms with van der Waals surface area (Å²) in [6, 6.07) is 6.77. The van der Waals surface area contributed by atoms with Gasteiger partial charge in [-0.3, -0.25) is 0 Å². The van der Waals surface area contributed by atoms with Gasteiger partial charge in [0.1, 0.15) is 0 Å². The first-order chi connectivity index (χ1) is 8.99. The maximum Gasteiger partial charge on any atom is 0.178 e. The number of methoxy groups -OCH3 is 1. The molecule has 0 radical (unpaired) electrons. The van der Waals surface area contributed by atoms with E-state index in [1.807, 2.05) is 0 Å². The minimum absolute atomic E-state index is 0.0164. The minimum Gasteiger partial charge on any atom is -0.385 e. The Kier molecular flexibility index (Phi) is 6.62. The van der Waals surface area contributed by atoms with Crippen LogP contribution in [0.4, 0.5) is 5.69 Å². The lowest BCUT2D eigenvalue weighted by atomic mass is 10.3. The molecule has 1 aromatic carbocycles. The number of sulfone groups is 1. The second kappa shape index (κ2) is 7.72. The lowest BCUT2D eigenvalue weighted by Gasteiger charge is -2.10. The molecule has 0 saturated heterocycles. The van der Waals surface area contributed by atoms with Gasteiger partial charge in [-0.25, -0.2) is 8.42 Å². The summed E-state index contributed by atoms with van der Waals surface area (Å²) in [7, 11) is -1.50. The number of hydrogen-bond donors (Lipinski definition) is 1. The Bertz CT molecular complexity index is 473. The van der Waals surface area contributed by atoms with Gasteiger partial charge in [0.25, 0.3) is 0 Å². The summed E-state index contributed by atoms with van der Waals surface area (Å²) in [6.45, 7) is 2.88. The van der Waals surface area contributed by atoms with E-state index >= 15 is 0 Å². The number of anilines is 1. The van der Waals surface area contributed by atoms with Crippen LogP contribution in [0.5, 0.6) is 0 Å². The van der Waals surface area contributed by atoms with Gasteiger partial charge in [0.2, 0.25) is 0 Å². The maximum absolute atomic E-state index is 11.6. The molecule has 0 amide bonds. The van der Waals surface area contributed by atoms with Crippen molar-refractivity contribution in [1.29, 1.82) is 0 Å². The average Bonchev–Trinajstić information content (AvgIpc) is 2.40. The van der Waals surface area contributed by atoms with Crippen LogP contribution in [0, 0.1) is 0 Å². The fourth-order valence-corrected chi connectivity index (χ4v) is 2.70. The smallest absolute Gasteiger partial charge is 0.178 e. The van der Waals surface area contributed by atoms with E-state index in [0.717, 1.165) is 18.7 Å². The molecule has 0 heterocycles. The van der Waals surface area contributed by atoms with Gasteiger partial charge in [-0.15, -0.1) is 11.6 Å². The molecule has 0 saturated carbocycles. The Morgan fingerprint density at radius 2 is 1.95 bits per heavy atom. The van der Waals surface area contributed by atoms with Crippen molar-refractivity contribution in [1.82, 2.24) is 0 Å². The van der Waals surface area contributed by atoms with Gasteiger partial charge in [-0.05, 0) is 30.7 Å². The topological polar surface area (TPSA) is 55.4 Å². The molecular weight excluding hydrogens is 286 g/mol. The first-order valence-corrected chi connectivity index (χ1v) is 8.28. The fourth-order valence-electron chi connectivity index (χ4n) is 1.58. The van der Waals surface area contributed by atoms with Crippen molar-refractivity contribution in [2.75, 3.05) is 31.3 Å². The predicted molar refractivity (Wildman–Crippen MR) is 78.8 cm³/mol. The van der Waals surface area contributed by atoms with Gasteiger partial charge in [0, 0.05) is 19.3 Å². The molecule has 19 heavy (non-hydrogen) atoms. The molecule has 1 N–H and O–H groups in total. The van der Waals surface area contributed by atoms with Crippen molar-refractivity contribution < 1.29 is 13.2 Å². The molecule has 1 rings (SSSR count). The highest BCUT2D eigenvalue weighted by Crippen LogP contribution is 2.15. The first kappa shape index (κ1) is 16.3. The quantitative estimate of drug-likeness (QED) is 0.750. The van der Waals surface area contributed by atoms with Gasteiger partial charge in [0.15, 0.2) is 9.84 Å². The summed E-state index contributed by atoms with van der Waals surface area (Å²) in [5.41, 5.74) is 0.885. The van der Waals surface area contributed by atoms with Gasteiger partial charge < -0.3 is 10.1 Å². The number of rotatable bonds is 8. The summed E-state index contributed by atoms with van der Waals surface area (Å²) in [5.74, 6) is 0.116. The zero-order chi connectivity index (χ0) is 14.3. The van der Waals surface area contributed by atoms with E-state index in [0.29, 0.717) is 11.5 Å². The second-order valence-electron chi connectivity index (χ2n) is 4.20. The summed E-state index contributed by atoms with van der Waals surface area (Å²) in [5, 5.41) is 3.18. The molecular formula is C13H20ClNO3S. The first-order valence-electron chi connectivity index (χ1n) is 6.19. The number of ether oxygens (including phenoxy) is 1. The van der Waals surface area contributed by atoms with E-state index in [9.17, 15) is 8.42 Å².